The molecule has 0 unspecified atom stereocenters. The van der Waals surface area contributed by atoms with Crippen LogP contribution in [0.2, 0.25) is 0 Å². The minimum absolute atomic E-state index is 0.233. The molecule has 5 rings (SSSR count). The molecule has 1 N–H and O–H groups in total. The third-order valence-electron chi connectivity index (χ3n) is 5.27. The van der Waals surface area contributed by atoms with Gasteiger partial charge < -0.3 is 8.98 Å². The highest BCUT2D eigenvalue weighted by atomic mass is 79.9. The molecule has 0 fully saturated rings. The van der Waals surface area contributed by atoms with Gasteiger partial charge in [-0.25, -0.2) is 0 Å². The molecule has 154 valence electrons. The second-order valence-electron chi connectivity index (χ2n) is 7.00. The fraction of sp³-hybridized carbons (Fsp3) is 0.136. The minimum Gasteiger partial charge on any atom is -0.472 e. The molecule has 3 heterocycles. The van der Waals surface area contributed by atoms with Crippen LogP contribution >= 0.6 is 15.9 Å². The third kappa shape index (κ3) is 3.36. The van der Waals surface area contributed by atoms with Crippen LogP contribution in [0.25, 0.3) is 33.6 Å². The van der Waals surface area contributed by atoms with Crippen LogP contribution in [-0.4, -0.2) is 30.2 Å². The van der Waals surface area contributed by atoms with Gasteiger partial charge in [0, 0.05) is 46.4 Å². The molecule has 0 saturated carbocycles. The smallest absolute Gasteiger partial charge is 0.272 e. The van der Waals surface area contributed by atoms with Crippen molar-refractivity contribution in [3.8, 4) is 33.6 Å². The van der Waals surface area contributed by atoms with Crippen LogP contribution in [-0.2, 0) is 13.0 Å². The Balaban J connectivity index is 1.77. The molecule has 0 spiro atoms. The lowest BCUT2D eigenvalue weighted by Crippen LogP contribution is -2.16. The fourth-order valence-electron chi connectivity index (χ4n) is 3.88. The molecule has 0 amide bonds. The first-order valence-corrected chi connectivity index (χ1v) is 10.5. The summed E-state index contributed by atoms with van der Waals surface area (Å²) in [6.45, 7) is 2.53. The van der Waals surface area contributed by atoms with Gasteiger partial charge in [-0.1, -0.05) is 31.2 Å². The number of aryl methyl sites for hydroxylation is 1. The van der Waals surface area contributed by atoms with Crippen molar-refractivity contribution in [1.29, 1.82) is 0 Å². The number of nitrogens with zero attached hydrogens (tertiary/aromatic N) is 5. The molecule has 9 heteroatoms. The largest absolute Gasteiger partial charge is 0.472 e. The van der Waals surface area contributed by atoms with Gasteiger partial charge in [-0.3, -0.25) is 4.79 Å². The number of hydrogen-bond donors (Lipinski definition) is 1. The number of aromatic amines is 1. The number of aromatic nitrogens is 6. The summed E-state index contributed by atoms with van der Waals surface area (Å²) in [4.78, 5) is 15.9. The Morgan fingerprint density at radius 3 is 2.71 bits per heavy atom. The lowest BCUT2D eigenvalue weighted by atomic mass is 9.97. The highest BCUT2D eigenvalue weighted by molar-refractivity contribution is 9.10. The minimum atomic E-state index is -0.233. The second kappa shape index (κ2) is 7.92. The van der Waals surface area contributed by atoms with E-state index < -0.39 is 0 Å². The molecule has 1 aliphatic carbocycles. The molecule has 0 bridgehead atoms. The number of tetrazole rings is 1. The van der Waals surface area contributed by atoms with E-state index in [1.165, 1.54) is 6.07 Å². The molecule has 8 nitrogen and oxygen atoms in total. The van der Waals surface area contributed by atoms with Crippen LogP contribution in [0.3, 0.4) is 0 Å². The molecule has 1 aliphatic heterocycles. The molecule has 0 saturated heterocycles. The van der Waals surface area contributed by atoms with Gasteiger partial charge in [-0.05, 0) is 43.9 Å². The van der Waals surface area contributed by atoms with E-state index in [-0.39, 0.29) is 5.56 Å². The number of H-pyrrole nitrogens is 1. The zero-order valence-electron chi connectivity index (χ0n) is 16.5. The Kier molecular flexibility index (Phi) is 4.95. The van der Waals surface area contributed by atoms with Gasteiger partial charge in [0.1, 0.15) is 5.82 Å². The number of halogens is 1. The molecule has 2 aromatic heterocycles. The van der Waals surface area contributed by atoms with Crippen molar-refractivity contribution in [1.82, 2.24) is 30.2 Å². The molecule has 0 radical (unpaired) electrons. The summed E-state index contributed by atoms with van der Waals surface area (Å²) in [5, 5.41) is 14.6. The van der Waals surface area contributed by atoms with Crippen molar-refractivity contribution in [2.75, 3.05) is 0 Å². The van der Waals surface area contributed by atoms with Crippen LogP contribution < -0.4 is 5.56 Å². The maximum Gasteiger partial charge on any atom is 0.272 e. The average molecular weight is 477 g/mol. The van der Waals surface area contributed by atoms with Crippen LogP contribution in [0.15, 0.2) is 68.8 Å². The summed E-state index contributed by atoms with van der Waals surface area (Å²) in [6.07, 6.45) is 5.84. The van der Waals surface area contributed by atoms with E-state index in [1.807, 2.05) is 41.8 Å². The molecule has 2 aliphatic rings. The fourth-order valence-corrected chi connectivity index (χ4v) is 4.64. The quantitative estimate of drug-likeness (QED) is 0.408. The monoisotopic (exact) mass is 476 g/mol. The number of benzene rings is 1. The zero-order valence-corrected chi connectivity index (χ0v) is 18.1. The van der Waals surface area contributed by atoms with Gasteiger partial charge in [0.25, 0.3) is 5.56 Å². The Labute approximate surface area is 185 Å². The Morgan fingerprint density at radius 2 is 1.94 bits per heavy atom. The highest BCUT2D eigenvalue weighted by Gasteiger charge is 2.26. The lowest BCUT2D eigenvalue weighted by molar-refractivity contribution is 0.551. The second-order valence-corrected chi connectivity index (χ2v) is 7.79. The summed E-state index contributed by atoms with van der Waals surface area (Å²) in [5.41, 5.74) is 5.70. The van der Waals surface area contributed by atoms with Crippen molar-refractivity contribution in [2.24, 2.45) is 0 Å². The van der Waals surface area contributed by atoms with Gasteiger partial charge >= 0.3 is 0 Å². The van der Waals surface area contributed by atoms with Gasteiger partial charge in [0.15, 0.2) is 0 Å². The zero-order chi connectivity index (χ0) is 21.4. The molecule has 31 heavy (non-hydrogen) atoms. The van der Waals surface area contributed by atoms with E-state index in [2.05, 4.69) is 41.5 Å². The predicted octanol–water partition coefficient (Wildman–Crippen LogP) is 4.16. The van der Waals surface area contributed by atoms with Gasteiger partial charge in [-0.15, -0.1) is 10.2 Å². The van der Waals surface area contributed by atoms with Crippen LogP contribution in [0.5, 0.6) is 0 Å². The highest BCUT2D eigenvalue weighted by Crippen LogP contribution is 2.48. The van der Waals surface area contributed by atoms with E-state index >= 15 is 0 Å². The predicted molar refractivity (Wildman–Crippen MR) is 119 cm³/mol. The van der Waals surface area contributed by atoms with Crippen LogP contribution in [0.4, 0.5) is 0 Å². The Bertz CT molecular complexity index is 1390. The van der Waals surface area contributed by atoms with Crippen molar-refractivity contribution in [2.45, 2.75) is 19.9 Å². The maximum atomic E-state index is 11.8. The van der Waals surface area contributed by atoms with Gasteiger partial charge in [0.05, 0.1) is 12.5 Å². The first-order valence-electron chi connectivity index (χ1n) is 9.73. The topological polar surface area (TPSA) is 102 Å². The van der Waals surface area contributed by atoms with Crippen molar-refractivity contribution >= 4 is 15.9 Å². The lowest BCUT2D eigenvalue weighted by Gasteiger charge is -2.14. The third-order valence-corrected chi connectivity index (χ3v) is 6.09. The molecule has 1 aromatic carbocycles. The van der Waals surface area contributed by atoms with Crippen molar-refractivity contribution in [3.05, 3.63) is 81.3 Å². The first kappa shape index (κ1) is 19.4. The average Bonchev–Trinajstić information content (AvgIpc) is 3.43. The Hall–Kier alpha value is -3.59. The van der Waals surface area contributed by atoms with E-state index in [0.717, 1.165) is 43.7 Å². The van der Waals surface area contributed by atoms with E-state index in [9.17, 15) is 4.79 Å². The number of rotatable bonds is 5. The van der Waals surface area contributed by atoms with E-state index in [1.54, 1.807) is 18.7 Å². The Morgan fingerprint density at radius 1 is 1.10 bits per heavy atom. The van der Waals surface area contributed by atoms with Gasteiger partial charge in [-0.2, -0.15) is 10.2 Å². The van der Waals surface area contributed by atoms with E-state index in [4.69, 9.17) is 4.42 Å². The normalized spacial score (nSPS) is 11.3. The number of fused-ring (bicyclic) bond motifs is 1. The summed E-state index contributed by atoms with van der Waals surface area (Å²) < 4.78 is 8.39. The number of hydrogen-bond acceptors (Lipinski definition) is 6. The maximum absolute atomic E-state index is 11.8. The molecule has 0 atom stereocenters. The molecular formula is C22H17BrN6O2. The standard InChI is InChI=1S/C22H17BrN6O2/c1-2-18-24-19(30)7-9-29(18)11-16-13-8-10-31-12-17(13)21(23)20(16)14-5-3-4-6-15(14)22-25-27-28-26-22/h3-10,12H,2,11H2,1H3,(H,25,26,27,28). The first-order chi connectivity index (χ1) is 15.2. The van der Waals surface area contributed by atoms with Crippen molar-refractivity contribution in [3.63, 3.8) is 0 Å². The molecule has 3 aromatic rings. The van der Waals surface area contributed by atoms with Crippen molar-refractivity contribution < 1.29 is 4.42 Å². The SMILES string of the molecule is CCc1nc(=O)ccn1Cc1c2ccocc-2c(Br)c1-c1ccccc1-c1nn[nH]n1. The van der Waals surface area contributed by atoms with Gasteiger partial charge in [0.2, 0.25) is 5.82 Å². The van der Waals surface area contributed by atoms with E-state index in [0.29, 0.717) is 18.8 Å². The van der Waals surface area contributed by atoms with Crippen LogP contribution in [0.1, 0.15) is 18.3 Å². The number of nitrogens with one attached hydrogen (secondary N) is 1. The summed E-state index contributed by atoms with van der Waals surface area (Å²) >= 11 is 3.80. The molecular weight excluding hydrogens is 460 g/mol. The summed E-state index contributed by atoms with van der Waals surface area (Å²) in [7, 11) is 0. The summed E-state index contributed by atoms with van der Waals surface area (Å²) in [6, 6.07) is 11.4. The van der Waals surface area contributed by atoms with Crippen LogP contribution in [0, 0.1) is 0 Å². The summed E-state index contributed by atoms with van der Waals surface area (Å²) in [5.74, 6) is 1.25.